The number of rotatable bonds is 4. The van der Waals surface area contributed by atoms with Gasteiger partial charge in [0, 0.05) is 12.1 Å². The Balaban J connectivity index is 2.21. The van der Waals surface area contributed by atoms with Crippen molar-refractivity contribution in [1.82, 2.24) is 5.32 Å². The average molecular weight is 286 g/mol. The number of phenols is 1. The van der Waals surface area contributed by atoms with Crippen LogP contribution in [0.5, 0.6) is 5.75 Å². The van der Waals surface area contributed by atoms with Gasteiger partial charge in [0.25, 0.3) is 11.6 Å². The number of nitro benzene ring substituents is 1. The lowest BCUT2D eigenvalue weighted by molar-refractivity contribution is -0.384. The number of carbonyl (C=O) groups is 1. The molecule has 1 amide bonds. The van der Waals surface area contributed by atoms with Crippen LogP contribution in [0.2, 0.25) is 0 Å². The Morgan fingerprint density at radius 3 is 2.52 bits per heavy atom. The molecule has 1 atom stereocenters. The van der Waals surface area contributed by atoms with Gasteiger partial charge in [0.2, 0.25) is 0 Å². The number of non-ortho nitro benzene ring substituents is 1. The standard InChI is InChI=1S/C15H14N2O4/c1-10(11-5-3-2-4-6-11)16-15(19)13-9-12(17(20)21)7-8-14(13)18/h2-10,18H,1H3,(H,16,19)/t10-/m1/s1. The molecule has 0 aliphatic carbocycles. The molecule has 0 spiro atoms. The molecule has 0 saturated heterocycles. The summed E-state index contributed by atoms with van der Waals surface area (Å²) < 4.78 is 0. The quantitative estimate of drug-likeness (QED) is 0.667. The largest absolute Gasteiger partial charge is 0.507 e. The Kier molecular flexibility index (Phi) is 4.18. The molecule has 0 bridgehead atoms. The van der Waals surface area contributed by atoms with Gasteiger partial charge in [-0.3, -0.25) is 14.9 Å². The van der Waals surface area contributed by atoms with Crippen LogP contribution < -0.4 is 5.32 Å². The van der Waals surface area contributed by atoms with E-state index < -0.39 is 10.8 Å². The summed E-state index contributed by atoms with van der Waals surface area (Å²) >= 11 is 0. The van der Waals surface area contributed by atoms with Crippen molar-refractivity contribution >= 4 is 11.6 Å². The molecule has 0 aliphatic heterocycles. The van der Waals surface area contributed by atoms with Crippen LogP contribution in [0.3, 0.4) is 0 Å². The predicted octanol–water partition coefficient (Wildman–Crippen LogP) is 2.79. The van der Waals surface area contributed by atoms with Gasteiger partial charge in [-0.25, -0.2) is 0 Å². The van der Waals surface area contributed by atoms with Crippen LogP contribution in [0.25, 0.3) is 0 Å². The minimum atomic E-state index is -0.614. The molecule has 6 nitrogen and oxygen atoms in total. The number of benzene rings is 2. The van der Waals surface area contributed by atoms with E-state index in [1.807, 2.05) is 30.3 Å². The van der Waals surface area contributed by atoms with Crippen molar-refractivity contribution in [2.45, 2.75) is 13.0 Å². The summed E-state index contributed by atoms with van der Waals surface area (Å²) in [6, 6.07) is 12.3. The van der Waals surface area contributed by atoms with E-state index >= 15 is 0 Å². The molecule has 2 aromatic rings. The van der Waals surface area contributed by atoms with Crippen molar-refractivity contribution in [3.63, 3.8) is 0 Å². The van der Waals surface area contributed by atoms with Crippen LogP contribution in [0.15, 0.2) is 48.5 Å². The lowest BCUT2D eigenvalue weighted by atomic mass is 10.1. The van der Waals surface area contributed by atoms with E-state index in [1.54, 1.807) is 6.92 Å². The summed E-state index contributed by atoms with van der Waals surface area (Å²) in [4.78, 5) is 22.2. The molecule has 0 fully saturated rings. The minimum Gasteiger partial charge on any atom is -0.507 e. The van der Waals surface area contributed by atoms with Crippen LogP contribution >= 0.6 is 0 Å². The second-order valence-corrected chi connectivity index (χ2v) is 4.56. The van der Waals surface area contributed by atoms with Gasteiger partial charge in [-0.1, -0.05) is 30.3 Å². The summed E-state index contributed by atoms with van der Waals surface area (Å²) in [7, 11) is 0. The number of nitrogens with one attached hydrogen (secondary N) is 1. The van der Waals surface area contributed by atoms with Crippen molar-refractivity contribution in [3.8, 4) is 5.75 Å². The number of nitro groups is 1. The first-order chi connectivity index (χ1) is 9.99. The van der Waals surface area contributed by atoms with E-state index in [1.165, 1.54) is 0 Å². The molecular formula is C15H14N2O4. The molecule has 21 heavy (non-hydrogen) atoms. The van der Waals surface area contributed by atoms with E-state index in [-0.39, 0.29) is 23.0 Å². The normalized spacial score (nSPS) is 11.7. The Morgan fingerprint density at radius 2 is 1.90 bits per heavy atom. The second kappa shape index (κ2) is 6.04. The maximum Gasteiger partial charge on any atom is 0.270 e. The third kappa shape index (κ3) is 3.36. The smallest absolute Gasteiger partial charge is 0.270 e. The third-order valence-corrected chi connectivity index (χ3v) is 3.08. The fourth-order valence-corrected chi connectivity index (χ4v) is 1.92. The lowest BCUT2D eigenvalue weighted by Crippen LogP contribution is -2.26. The molecule has 0 radical (unpaired) electrons. The molecule has 0 saturated carbocycles. The molecule has 108 valence electrons. The number of phenolic OH excluding ortho intramolecular Hbond substituents is 1. The predicted molar refractivity (Wildman–Crippen MR) is 77.1 cm³/mol. The van der Waals surface area contributed by atoms with Gasteiger partial charge in [-0.2, -0.15) is 0 Å². The fourth-order valence-electron chi connectivity index (χ4n) is 1.92. The number of aromatic hydroxyl groups is 1. The van der Waals surface area contributed by atoms with Gasteiger partial charge in [0.1, 0.15) is 5.75 Å². The van der Waals surface area contributed by atoms with E-state index in [4.69, 9.17) is 0 Å². The molecule has 2 aromatic carbocycles. The van der Waals surface area contributed by atoms with E-state index in [0.29, 0.717) is 0 Å². The summed E-state index contributed by atoms with van der Waals surface area (Å²) in [5.74, 6) is -0.856. The second-order valence-electron chi connectivity index (χ2n) is 4.56. The first-order valence-electron chi connectivity index (χ1n) is 6.32. The molecule has 0 unspecified atom stereocenters. The Labute approximate surface area is 121 Å². The van der Waals surface area contributed by atoms with Gasteiger partial charge in [0.15, 0.2) is 0 Å². The molecule has 0 aromatic heterocycles. The maximum atomic E-state index is 12.1. The summed E-state index contributed by atoms with van der Waals surface area (Å²) in [6.45, 7) is 1.79. The number of hydrogen-bond donors (Lipinski definition) is 2. The molecule has 6 heteroatoms. The van der Waals surface area contributed by atoms with Crippen LogP contribution in [-0.4, -0.2) is 15.9 Å². The van der Waals surface area contributed by atoms with Gasteiger partial charge in [-0.05, 0) is 18.6 Å². The first-order valence-corrected chi connectivity index (χ1v) is 6.32. The highest BCUT2D eigenvalue weighted by Gasteiger charge is 2.18. The Morgan fingerprint density at radius 1 is 1.24 bits per heavy atom. The summed E-state index contributed by atoms with van der Waals surface area (Å²) in [6.07, 6.45) is 0. The molecular weight excluding hydrogens is 272 g/mol. The highest BCUT2D eigenvalue weighted by Crippen LogP contribution is 2.23. The number of amides is 1. The number of carbonyl (C=O) groups excluding carboxylic acids is 1. The number of nitrogens with zero attached hydrogens (tertiary/aromatic N) is 1. The van der Waals surface area contributed by atoms with E-state index in [0.717, 1.165) is 23.8 Å². The summed E-state index contributed by atoms with van der Waals surface area (Å²) in [5.41, 5.74) is 0.535. The maximum absolute atomic E-state index is 12.1. The highest BCUT2D eigenvalue weighted by atomic mass is 16.6. The van der Waals surface area contributed by atoms with Gasteiger partial charge in [0.05, 0.1) is 16.5 Å². The average Bonchev–Trinajstić information content (AvgIpc) is 2.48. The zero-order chi connectivity index (χ0) is 15.4. The van der Waals surface area contributed by atoms with Crippen molar-refractivity contribution in [2.75, 3.05) is 0 Å². The lowest BCUT2D eigenvalue weighted by Gasteiger charge is -2.14. The zero-order valence-electron chi connectivity index (χ0n) is 11.3. The van der Waals surface area contributed by atoms with Crippen LogP contribution in [0.1, 0.15) is 28.9 Å². The number of hydrogen-bond acceptors (Lipinski definition) is 4. The van der Waals surface area contributed by atoms with Gasteiger partial charge < -0.3 is 10.4 Å². The SMILES string of the molecule is C[C@@H](NC(=O)c1cc([N+](=O)[O-])ccc1O)c1ccccc1. The van der Waals surface area contributed by atoms with Crippen LogP contribution in [-0.2, 0) is 0 Å². The fraction of sp³-hybridized carbons (Fsp3) is 0.133. The Bertz CT molecular complexity index is 671. The van der Waals surface area contributed by atoms with Gasteiger partial charge in [-0.15, -0.1) is 0 Å². The van der Waals surface area contributed by atoms with Crippen molar-refractivity contribution in [2.24, 2.45) is 0 Å². The molecule has 2 N–H and O–H groups in total. The topological polar surface area (TPSA) is 92.5 Å². The van der Waals surface area contributed by atoms with Crippen LogP contribution in [0, 0.1) is 10.1 Å². The monoisotopic (exact) mass is 286 g/mol. The highest BCUT2D eigenvalue weighted by molar-refractivity contribution is 5.97. The first kappa shape index (κ1) is 14.5. The van der Waals surface area contributed by atoms with Crippen LogP contribution in [0.4, 0.5) is 5.69 Å². The zero-order valence-corrected chi connectivity index (χ0v) is 11.3. The third-order valence-electron chi connectivity index (χ3n) is 3.08. The van der Waals surface area contributed by atoms with Gasteiger partial charge >= 0.3 is 0 Å². The molecule has 2 rings (SSSR count). The molecule has 0 heterocycles. The van der Waals surface area contributed by atoms with Crippen molar-refractivity contribution in [1.29, 1.82) is 0 Å². The molecule has 0 aliphatic rings. The van der Waals surface area contributed by atoms with Crippen molar-refractivity contribution < 1.29 is 14.8 Å². The minimum absolute atomic E-state index is 0.119. The summed E-state index contributed by atoms with van der Waals surface area (Å²) in [5, 5.41) is 23.1. The van der Waals surface area contributed by atoms with E-state index in [9.17, 15) is 20.0 Å². The van der Waals surface area contributed by atoms with Crippen molar-refractivity contribution in [3.05, 3.63) is 69.8 Å². The van der Waals surface area contributed by atoms with E-state index in [2.05, 4.69) is 5.32 Å². The Hall–Kier alpha value is -2.89.